The van der Waals surface area contributed by atoms with Crippen LogP contribution < -0.4 is 16.2 Å². The number of hydrogen-bond acceptors (Lipinski definition) is 4. The summed E-state index contributed by atoms with van der Waals surface area (Å²) in [5.74, 6) is -1.11. The fourth-order valence-corrected chi connectivity index (χ4v) is 3.16. The van der Waals surface area contributed by atoms with E-state index in [1.165, 1.54) is 0 Å². The highest BCUT2D eigenvalue weighted by molar-refractivity contribution is 5.94. The van der Waals surface area contributed by atoms with Crippen molar-refractivity contribution in [1.29, 1.82) is 0 Å². The first-order valence-corrected chi connectivity index (χ1v) is 9.92. The van der Waals surface area contributed by atoms with Gasteiger partial charge in [-0.15, -0.1) is 0 Å². The maximum absolute atomic E-state index is 12.6. The van der Waals surface area contributed by atoms with E-state index in [2.05, 4.69) is 21.3 Å². The number of nitrogens with one attached hydrogen (secondary N) is 3. The van der Waals surface area contributed by atoms with Gasteiger partial charge in [-0.2, -0.15) is 5.10 Å². The van der Waals surface area contributed by atoms with Crippen LogP contribution >= 0.6 is 0 Å². The number of nitrogens with zero attached hydrogens (tertiary/aromatic N) is 2. The van der Waals surface area contributed by atoms with Crippen molar-refractivity contribution in [2.75, 3.05) is 0 Å². The summed E-state index contributed by atoms with van der Waals surface area (Å²) < 4.78 is 1.56. The van der Waals surface area contributed by atoms with Crippen LogP contribution in [-0.4, -0.2) is 27.5 Å². The number of rotatable bonds is 7. The number of carbonyl (C=O) groups excluding carboxylic acids is 3. The van der Waals surface area contributed by atoms with Gasteiger partial charge in [0.1, 0.15) is 6.54 Å². The summed E-state index contributed by atoms with van der Waals surface area (Å²) in [6, 6.07) is 19.3. The normalized spacial score (nSPS) is 11.4. The molecule has 3 aromatic rings. The molecule has 8 heteroatoms. The number of aromatic nitrogens is 2. The maximum Gasteiger partial charge on any atom is 0.260 e. The zero-order valence-corrected chi connectivity index (χ0v) is 17.5. The van der Waals surface area contributed by atoms with Gasteiger partial charge in [0.15, 0.2) is 0 Å². The average molecular weight is 419 g/mol. The van der Waals surface area contributed by atoms with Crippen molar-refractivity contribution in [3.8, 4) is 0 Å². The Hall–Kier alpha value is -3.94. The van der Waals surface area contributed by atoms with E-state index in [1.807, 2.05) is 56.3 Å². The predicted molar refractivity (Wildman–Crippen MR) is 116 cm³/mol. The van der Waals surface area contributed by atoms with Crippen molar-refractivity contribution in [2.24, 2.45) is 0 Å². The zero-order valence-electron chi connectivity index (χ0n) is 17.5. The molecule has 2 aromatic carbocycles. The second-order valence-corrected chi connectivity index (χ2v) is 7.19. The Morgan fingerprint density at radius 2 is 1.52 bits per heavy atom. The molecule has 0 bridgehead atoms. The van der Waals surface area contributed by atoms with Crippen LogP contribution in [0.3, 0.4) is 0 Å². The summed E-state index contributed by atoms with van der Waals surface area (Å²) in [5.41, 5.74) is 7.77. The Balaban J connectivity index is 1.59. The summed E-state index contributed by atoms with van der Waals surface area (Å²) >= 11 is 0. The lowest BCUT2D eigenvalue weighted by Gasteiger charge is -2.19. The van der Waals surface area contributed by atoms with Gasteiger partial charge in [-0.1, -0.05) is 48.5 Å². The Kier molecular flexibility index (Phi) is 7.16. The van der Waals surface area contributed by atoms with E-state index in [9.17, 15) is 14.4 Å². The molecule has 0 saturated carbocycles. The number of amides is 3. The van der Waals surface area contributed by atoms with Crippen molar-refractivity contribution in [2.45, 2.75) is 32.9 Å². The van der Waals surface area contributed by atoms with Gasteiger partial charge in [-0.05, 0) is 37.6 Å². The number of hydrogen-bond donors (Lipinski definition) is 3. The van der Waals surface area contributed by atoms with Crippen LogP contribution in [0, 0.1) is 13.8 Å². The van der Waals surface area contributed by atoms with Crippen molar-refractivity contribution < 1.29 is 14.4 Å². The lowest BCUT2D eigenvalue weighted by molar-refractivity contribution is -0.129. The monoisotopic (exact) mass is 419 g/mol. The van der Waals surface area contributed by atoms with Gasteiger partial charge < -0.3 is 5.32 Å². The quantitative estimate of drug-likeness (QED) is 0.511. The summed E-state index contributed by atoms with van der Waals surface area (Å²) in [6.45, 7) is 3.69. The van der Waals surface area contributed by atoms with E-state index in [0.29, 0.717) is 5.56 Å². The first-order chi connectivity index (χ1) is 14.9. The summed E-state index contributed by atoms with van der Waals surface area (Å²) in [7, 11) is 0. The van der Waals surface area contributed by atoms with Gasteiger partial charge in [0.2, 0.25) is 5.91 Å². The molecule has 0 spiro atoms. The topological polar surface area (TPSA) is 105 Å². The maximum atomic E-state index is 12.6. The van der Waals surface area contributed by atoms with Crippen LogP contribution in [-0.2, 0) is 16.1 Å². The minimum absolute atomic E-state index is 0.00713. The number of benzene rings is 2. The van der Waals surface area contributed by atoms with Gasteiger partial charge in [-0.25, -0.2) is 0 Å². The third kappa shape index (κ3) is 6.27. The standard InChI is InChI=1S/C23H25N5O3/c1-16-13-17(2)28(27-16)15-22(30)26-25-21(29)14-20(18-9-5-3-6-10-18)24-23(31)19-11-7-4-8-12-19/h3-13,20H,14-15H2,1-2H3,(H,24,31)(H,25,29)(H,26,30). The molecule has 160 valence electrons. The lowest BCUT2D eigenvalue weighted by atomic mass is 10.0. The number of carbonyl (C=O) groups is 3. The molecular formula is C23H25N5O3. The molecule has 0 saturated heterocycles. The van der Waals surface area contributed by atoms with Crippen LogP contribution in [0.1, 0.15) is 39.8 Å². The van der Waals surface area contributed by atoms with Crippen molar-refractivity contribution in [1.82, 2.24) is 25.9 Å². The first-order valence-electron chi connectivity index (χ1n) is 9.92. The Morgan fingerprint density at radius 1 is 0.903 bits per heavy atom. The Morgan fingerprint density at radius 3 is 2.13 bits per heavy atom. The molecule has 31 heavy (non-hydrogen) atoms. The van der Waals surface area contributed by atoms with Crippen molar-refractivity contribution in [3.63, 3.8) is 0 Å². The third-order valence-corrected chi connectivity index (χ3v) is 4.67. The highest BCUT2D eigenvalue weighted by atomic mass is 16.2. The molecule has 0 aliphatic heterocycles. The molecular weight excluding hydrogens is 394 g/mol. The van der Waals surface area contributed by atoms with E-state index >= 15 is 0 Å². The largest absolute Gasteiger partial charge is 0.345 e. The van der Waals surface area contributed by atoms with E-state index in [-0.39, 0.29) is 18.9 Å². The molecule has 1 atom stereocenters. The molecule has 1 aromatic heterocycles. The minimum atomic E-state index is -0.554. The van der Waals surface area contributed by atoms with E-state index < -0.39 is 17.9 Å². The van der Waals surface area contributed by atoms with Gasteiger partial charge in [-0.3, -0.25) is 29.9 Å². The molecule has 1 heterocycles. The lowest BCUT2D eigenvalue weighted by Crippen LogP contribution is -2.44. The molecule has 0 radical (unpaired) electrons. The fourth-order valence-electron chi connectivity index (χ4n) is 3.16. The van der Waals surface area contributed by atoms with Crippen molar-refractivity contribution >= 4 is 17.7 Å². The molecule has 0 fully saturated rings. The average Bonchev–Trinajstić information content (AvgIpc) is 3.09. The SMILES string of the molecule is Cc1cc(C)n(CC(=O)NNC(=O)CC(NC(=O)c2ccccc2)c2ccccc2)n1. The van der Waals surface area contributed by atoms with Crippen LogP contribution in [0.5, 0.6) is 0 Å². The molecule has 1 unspecified atom stereocenters. The van der Waals surface area contributed by atoms with Gasteiger partial charge in [0.25, 0.3) is 11.8 Å². The molecule has 0 aliphatic carbocycles. The third-order valence-electron chi connectivity index (χ3n) is 4.67. The van der Waals surface area contributed by atoms with E-state index in [1.54, 1.807) is 28.9 Å². The predicted octanol–water partition coefficient (Wildman–Crippen LogP) is 2.21. The zero-order chi connectivity index (χ0) is 22.2. The summed E-state index contributed by atoms with van der Waals surface area (Å²) in [6.07, 6.45) is -0.0389. The highest BCUT2D eigenvalue weighted by Crippen LogP contribution is 2.17. The van der Waals surface area contributed by atoms with Gasteiger partial charge >= 0.3 is 0 Å². The van der Waals surface area contributed by atoms with Crippen LogP contribution in [0.2, 0.25) is 0 Å². The van der Waals surface area contributed by atoms with Crippen LogP contribution in [0.25, 0.3) is 0 Å². The second-order valence-electron chi connectivity index (χ2n) is 7.19. The highest BCUT2D eigenvalue weighted by Gasteiger charge is 2.19. The first kappa shape index (κ1) is 21.8. The fraction of sp³-hybridized carbons (Fsp3) is 0.217. The van der Waals surface area contributed by atoms with Crippen molar-refractivity contribution in [3.05, 3.63) is 89.2 Å². The Labute approximate surface area is 180 Å². The molecule has 3 amide bonds. The summed E-state index contributed by atoms with van der Waals surface area (Å²) in [5, 5.41) is 7.11. The molecule has 0 aliphatic rings. The Bertz CT molecular complexity index is 1050. The number of hydrazine groups is 1. The smallest absolute Gasteiger partial charge is 0.260 e. The molecule has 3 N–H and O–H groups in total. The van der Waals surface area contributed by atoms with E-state index in [4.69, 9.17) is 0 Å². The van der Waals surface area contributed by atoms with Gasteiger partial charge in [0.05, 0.1) is 18.2 Å². The van der Waals surface area contributed by atoms with E-state index in [0.717, 1.165) is 17.0 Å². The van der Waals surface area contributed by atoms with Crippen LogP contribution in [0.4, 0.5) is 0 Å². The molecule has 3 rings (SSSR count). The minimum Gasteiger partial charge on any atom is -0.345 e. The molecule has 8 nitrogen and oxygen atoms in total. The number of aryl methyl sites for hydroxylation is 2. The van der Waals surface area contributed by atoms with Crippen LogP contribution in [0.15, 0.2) is 66.7 Å². The second kappa shape index (κ2) is 10.2. The summed E-state index contributed by atoms with van der Waals surface area (Å²) in [4.78, 5) is 37.2. The van der Waals surface area contributed by atoms with Gasteiger partial charge in [0, 0.05) is 11.3 Å².